The molecule has 250 valence electrons. The van der Waals surface area contributed by atoms with Gasteiger partial charge in [0.2, 0.25) is 11.8 Å². The number of amides is 2. The fourth-order valence-corrected chi connectivity index (χ4v) is 4.28. The zero-order valence-electron chi connectivity index (χ0n) is 26.2. The standard InChI is InChI=1S/C34H44N2O10/c37-32(11-12-33(38)36-27-30-7-2-1-5-28(30)9-10-29-6-3-4-8-31(29)36)35-14-16-42-18-20-44-22-24-46-26-25-45-23-21-43-19-17-41-15-13-34(39)40/h1-8H,11-27H2,(H,35,37)(H,39,40). The van der Waals surface area contributed by atoms with E-state index in [0.29, 0.717) is 85.8 Å². The van der Waals surface area contributed by atoms with E-state index in [-0.39, 0.29) is 37.7 Å². The lowest BCUT2D eigenvalue weighted by Gasteiger charge is -2.26. The van der Waals surface area contributed by atoms with Gasteiger partial charge in [0.05, 0.1) is 97.9 Å². The zero-order chi connectivity index (χ0) is 32.7. The first-order valence-electron chi connectivity index (χ1n) is 15.5. The van der Waals surface area contributed by atoms with Gasteiger partial charge in [0.15, 0.2) is 0 Å². The van der Waals surface area contributed by atoms with Gasteiger partial charge in [-0.3, -0.25) is 14.4 Å². The largest absolute Gasteiger partial charge is 0.481 e. The maximum Gasteiger partial charge on any atom is 0.305 e. The number of aliphatic carboxylic acids is 1. The van der Waals surface area contributed by atoms with Crippen LogP contribution in [0.1, 0.15) is 36.0 Å². The maximum atomic E-state index is 13.2. The molecule has 0 unspecified atom stereocenters. The lowest BCUT2D eigenvalue weighted by atomic mass is 10.0. The smallest absolute Gasteiger partial charge is 0.305 e. The number of rotatable bonds is 24. The molecule has 1 aliphatic rings. The van der Waals surface area contributed by atoms with Crippen LogP contribution in [0.25, 0.3) is 0 Å². The van der Waals surface area contributed by atoms with Crippen molar-refractivity contribution in [3.63, 3.8) is 0 Å². The summed E-state index contributed by atoms with van der Waals surface area (Å²) in [5.41, 5.74) is 3.39. The third-order valence-electron chi connectivity index (χ3n) is 6.63. The summed E-state index contributed by atoms with van der Waals surface area (Å²) in [6.07, 6.45) is 0.154. The van der Waals surface area contributed by atoms with E-state index >= 15 is 0 Å². The van der Waals surface area contributed by atoms with E-state index < -0.39 is 5.97 Å². The van der Waals surface area contributed by atoms with Crippen LogP contribution >= 0.6 is 0 Å². The molecular weight excluding hydrogens is 596 g/mol. The Morgan fingerprint density at radius 3 is 1.74 bits per heavy atom. The number of hydrogen-bond acceptors (Lipinski definition) is 9. The first-order valence-corrected chi connectivity index (χ1v) is 15.5. The lowest BCUT2D eigenvalue weighted by Crippen LogP contribution is -2.34. The van der Waals surface area contributed by atoms with E-state index in [1.165, 1.54) is 0 Å². The number of carbonyl (C=O) groups excluding carboxylic acids is 2. The molecule has 2 aromatic carbocycles. The number of anilines is 1. The Hall–Kier alpha value is -3.83. The normalized spacial score (nSPS) is 11.9. The number of nitrogens with one attached hydrogen (secondary N) is 1. The summed E-state index contributed by atoms with van der Waals surface area (Å²) in [4.78, 5) is 37.7. The van der Waals surface area contributed by atoms with Crippen molar-refractivity contribution in [3.05, 3.63) is 65.2 Å². The van der Waals surface area contributed by atoms with Crippen LogP contribution in [0.5, 0.6) is 0 Å². The second kappa shape index (κ2) is 22.6. The van der Waals surface area contributed by atoms with Crippen molar-refractivity contribution in [1.82, 2.24) is 5.32 Å². The maximum absolute atomic E-state index is 13.2. The number of ether oxygens (including phenoxy) is 6. The molecule has 1 aliphatic heterocycles. The summed E-state index contributed by atoms with van der Waals surface area (Å²) in [5, 5.41) is 11.3. The molecule has 0 aliphatic carbocycles. The fraction of sp³-hybridized carbons (Fsp3) is 0.500. The SMILES string of the molecule is O=C(O)CCOCCOCCOCCOCCOCCOCCNC(=O)CCC(=O)N1Cc2ccccc2C#Cc2ccccc21. The number of carbonyl (C=O) groups is 3. The summed E-state index contributed by atoms with van der Waals surface area (Å²) < 4.78 is 32.2. The topological polar surface area (TPSA) is 142 Å². The van der Waals surface area contributed by atoms with Crippen molar-refractivity contribution < 1.29 is 47.9 Å². The van der Waals surface area contributed by atoms with E-state index in [4.69, 9.17) is 33.5 Å². The Morgan fingerprint density at radius 1 is 0.630 bits per heavy atom. The first kappa shape index (κ1) is 36.6. The molecule has 0 radical (unpaired) electrons. The van der Waals surface area contributed by atoms with Crippen LogP contribution in [0.3, 0.4) is 0 Å². The van der Waals surface area contributed by atoms with Crippen LogP contribution in [0, 0.1) is 11.8 Å². The third kappa shape index (κ3) is 15.0. The second-order valence-electron chi connectivity index (χ2n) is 10.1. The Morgan fingerprint density at radius 2 is 1.13 bits per heavy atom. The molecule has 0 saturated carbocycles. The van der Waals surface area contributed by atoms with Crippen molar-refractivity contribution in [2.45, 2.75) is 25.8 Å². The molecule has 3 rings (SSSR count). The van der Waals surface area contributed by atoms with Crippen molar-refractivity contribution in [2.24, 2.45) is 0 Å². The third-order valence-corrected chi connectivity index (χ3v) is 6.63. The first-order chi connectivity index (χ1) is 22.5. The molecule has 0 saturated heterocycles. The number of fused-ring (bicyclic) bond motifs is 2. The monoisotopic (exact) mass is 640 g/mol. The van der Waals surface area contributed by atoms with Gasteiger partial charge in [0.25, 0.3) is 0 Å². The Kier molecular flexibility index (Phi) is 18.0. The summed E-state index contributed by atoms with van der Waals surface area (Å²) >= 11 is 0. The Balaban J connectivity index is 1.13. The minimum Gasteiger partial charge on any atom is -0.481 e. The Labute approximate surface area is 270 Å². The van der Waals surface area contributed by atoms with Crippen LogP contribution in [0.2, 0.25) is 0 Å². The average Bonchev–Trinajstić information content (AvgIpc) is 3.05. The molecule has 2 N–H and O–H groups in total. The molecule has 2 amide bonds. The lowest BCUT2D eigenvalue weighted by molar-refractivity contribution is -0.138. The summed E-state index contributed by atoms with van der Waals surface area (Å²) in [6.45, 7) is 5.41. The van der Waals surface area contributed by atoms with E-state index in [1.807, 2.05) is 48.5 Å². The van der Waals surface area contributed by atoms with Gasteiger partial charge in [-0.05, 0) is 23.8 Å². The van der Waals surface area contributed by atoms with Crippen LogP contribution in [-0.4, -0.2) is 109 Å². The minimum atomic E-state index is -0.884. The molecule has 0 spiro atoms. The summed E-state index contributed by atoms with van der Waals surface area (Å²) in [5.74, 6) is 5.16. The quantitative estimate of drug-likeness (QED) is 0.130. The Bertz CT molecular complexity index is 1280. The number of benzene rings is 2. The van der Waals surface area contributed by atoms with Gasteiger partial charge < -0.3 is 43.7 Å². The van der Waals surface area contributed by atoms with Crippen LogP contribution in [0.4, 0.5) is 5.69 Å². The highest BCUT2D eigenvalue weighted by atomic mass is 16.6. The van der Waals surface area contributed by atoms with Crippen molar-refractivity contribution >= 4 is 23.5 Å². The molecule has 46 heavy (non-hydrogen) atoms. The van der Waals surface area contributed by atoms with Crippen LogP contribution in [-0.2, 0) is 49.3 Å². The average molecular weight is 641 g/mol. The van der Waals surface area contributed by atoms with Gasteiger partial charge >= 0.3 is 5.97 Å². The molecular formula is C34H44N2O10. The molecule has 12 nitrogen and oxygen atoms in total. The molecule has 0 atom stereocenters. The van der Waals surface area contributed by atoms with Gasteiger partial charge in [-0.15, -0.1) is 0 Å². The number of para-hydroxylation sites is 1. The van der Waals surface area contributed by atoms with E-state index in [2.05, 4.69) is 17.2 Å². The minimum absolute atomic E-state index is 0.0141. The van der Waals surface area contributed by atoms with Gasteiger partial charge in [-0.1, -0.05) is 42.2 Å². The molecule has 0 aromatic heterocycles. The number of carboxylic acid groups (broad SMARTS) is 1. The summed E-state index contributed by atoms with van der Waals surface area (Å²) in [6, 6.07) is 15.3. The second-order valence-corrected chi connectivity index (χ2v) is 10.1. The highest BCUT2D eigenvalue weighted by Gasteiger charge is 2.21. The highest BCUT2D eigenvalue weighted by Crippen LogP contribution is 2.26. The highest BCUT2D eigenvalue weighted by molar-refractivity contribution is 5.96. The number of nitrogens with zero attached hydrogens (tertiary/aromatic N) is 1. The zero-order valence-corrected chi connectivity index (χ0v) is 26.2. The van der Waals surface area contributed by atoms with Crippen molar-refractivity contribution in [2.75, 3.05) is 90.7 Å². The van der Waals surface area contributed by atoms with Crippen LogP contribution in [0.15, 0.2) is 48.5 Å². The van der Waals surface area contributed by atoms with Crippen molar-refractivity contribution in [3.8, 4) is 11.8 Å². The van der Waals surface area contributed by atoms with E-state index in [0.717, 1.165) is 22.4 Å². The number of carboxylic acids is 1. The predicted octanol–water partition coefficient (Wildman–Crippen LogP) is 2.40. The van der Waals surface area contributed by atoms with Gasteiger partial charge in [-0.2, -0.15) is 0 Å². The van der Waals surface area contributed by atoms with Gasteiger partial charge in [0.1, 0.15) is 0 Å². The van der Waals surface area contributed by atoms with Crippen molar-refractivity contribution in [1.29, 1.82) is 0 Å². The molecule has 12 heteroatoms. The molecule has 1 heterocycles. The van der Waals surface area contributed by atoms with Gasteiger partial charge in [0, 0.05) is 30.5 Å². The number of hydrogen-bond donors (Lipinski definition) is 2. The van der Waals surface area contributed by atoms with Gasteiger partial charge in [-0.25, -0.2) is 0 Å². The molecule has 0 bridgehead atoms. The molecule has 0 fully saturated rings. The van der Waals surface area contributed by atoms with Crippen LogP contribution < -0.4 is 10.2 Å². The fourth-order valence-electron chi connectivity index (χ4n) is 4.28. The molecule has 2 aromatic rings. The predicted molar refractivity (Wildman–Crippen MR) is 169 cm³/mol. The van der Waals surface area contributed by atoms with E-state index in [1.54, 1.807) is 4.90 Å². The summed E-state index contributed by atoms with van der Waals surface area (Å²) in [7, 11) is 0. The van der Waals surface area contributed by atoms with E-state index in [9.17, 15) is 14.4 Å².